The van der Waals surface area contributed by atoms with Crippen molar-refractivity contribution in [3.8, 4) is 0 Å². The number of anilines is 1. The van der Waals surface area contributed by atoms with Crippen LogP contribution in [0.3, 0.4) is 0 Å². The predicted molar refractivity (Wildman–Crippen MR) is 147 cm³/mol. The van der Waals surface area contributed by atoms with Crippen LogP contribution in [0.2, 0.25) is 0 Å². The Morgan fingerprint density at radius 1 is 0.943 bits per heavy atom. The van der Waals surface area contributed by atoms with Gasteiger partial charge in [-0.15, -0.1) is 12.4 Å². The fourth-order valence-corrected chi connectivity index (χ4v) is 5.58. The van der Waals surface area contributed by atoms with Crippen LogP contribution >= 0.6 is 12.4 Å². The Hall–Kier alpha value is -1.70. The Bertz CT molecular complexity index is 894. The summed E-state index contributed by atoms with van der Waals surface area (Å²) in [6.45, 7) is 11.0. The Balaban J connectivity index is 0.00000342. The average molecular weight is 504 g/mol. The lowest BCUT2D eigenvalue weighted by atomic mass is 9.93. The number of rotatable bonds is 9. The van der Waals surface area contributed by atoms with E-state index in [1.807, 2.05) is 13.0 Å². The van der Waals surface area contributed by atoms with Crippen LogP contribution in [0, 0.1) is 12.7 Å². The Labute approximate surface area is 217 Å². The Kier molecular flexibility index (Phi) is 10.4. The summed E-state index contributed by atoms with van der Waals surface area (Å²) in [5.74, 6) is 0.337. The molecule has 4 rings (SSSR count). The first-order valence-electron chi connectivity index (χ1n) is 12.9. The second-order valence-corrected chi connectivity index (χ2v) is 10.3. The number of nitrogens with zero attached hydrogens (tertiary/aromatic N) is 4. The fourth-order valence-electron chi connectivity index (χ4n) is 5.58. The van der Waals surface area contributed by atoms with Gasteiger partial charge in [-0.3, -0.25) is 9.80 Å². The summed E-state index contributed by atoms with van der Waals surface area (Å²) in [5, 5.41) is 0. The normalized spacial score (nSPS) is 21.5. The standard InChI is InChI=1S/C28H42FN5.ClH/c1-22-7-6-8-27(29)25(22)19-33-20-26(28(21-33)31(2)3)23-9-11-24(12-10-23)34-17-15-32(16-18-34)14-5-4-13-30;/h6-12,26,28H,4-5,13-21,30H2,1-3H3;1H/t26-,28+;/m1./s1. The molecule has 2 saturated heterocycles. The predicted octanol–water partition coefficient (Wildman–Crippen LogP) is 3.95. The lowest BCUT2D eigenvalue weighted by Gasteiger charge is -2.36. The van der Waals surface area contributed by atoms with Gasteiger partial charge >= 0.3 is 0 Å². The van der Waals surface area contributed by atoms with Crippen LogP contribution in [0.4, 0.5) is 10.1 Å². The second-order valence-electron chi connectivity index (χ2n) is 10.3. The van der Waals surface area contributed by atoms with Crippen molar-refractivity contribution in [2.45, 2.75) is 38.3 Å². The third-order valence-corrected chi connectivity index (χ3v) is 7.75. The van der Waals surface area contributed by atoms with Gasteiger partial charge in [0.2, 0.25) is 0 Å². The largest absolute Gasteiger partial charge is 0.369 e. The van der Waals surface area contributed by atoms with Gasteiger partial charge in [-0.2, -0.15) is 0 Å². The molecule has 0 amide bonds. The first kappa shape index (κ1) is 27.9. The summed E-state index contributed by atoms with van der Waals surface area (Å²) in [6.07, 6.45) is 2.32. The minimum atomic E-state index is -0.0892. The van der Waals surface area contributed by atoms with Crippen LogP contribution in [0.1, 0.15) is 35.4 Å². The number of likely N-dealkylation sites (N-methyl/N-ethyl adjacent to an activating group) is 1. The lowest BCUT2D eigenvalue weighted by Crippen LogP contribution is -2.46. The number of hydrogen-bond acceptors (Lipinski definition) is 5. The molecular weight excluding hydrogens is 461 g/mol. The van der Waals surface area contributed by atoms with Crippen LogP contribution in [0.25, 0.3) is 0 Å². The molecule has 7 heteroatoms. The summed E-state index contributed by atoms with van der Waals surface area (Å²) in [4.78, 5) is 9.82. The van der Waals surface area contributed by atoms with Crippen molar-refractivity contribution in [1.29, 1.82) is 0 Å². The number of unbranched alkanes of at least 4 members (excludes halogenated alkanes) is 1. The highest BCUT2D eigenvalue weighted by Gasteiger charge is 2.35. The summed E-state index contributed by atoms with van der Waals surface area (Å²) in [5.41, 5.74) is 10.2. The van der Waals surface area contributed by atoms with Gasteiger partial charge in [0.25, 0.3) is 0 Å². The van der Waals surface area contributed by atoms with E-state index in [0.717, 1.165) is 63.4 Å². The van der Waals surface area contributed by atoms with E-state index in [2.05, 4.69) is 58.0 Å². The molecule has 2 aliphatic heterocycles. The van der Waals surface area contributed by atoms with Gasteiger partial charge in [-0.05, 0) is 76.3 Å². The van der Waals surface area contributed by atoms with E-state index in [1.54, 1.807) is 12.1 Å². The van der Waals surface area contributed by atoms with Crippen molar-refractivity contribution >= 4 is 18.1 Å². The maximum atomic E-state index is 14.5. The molecular formula is C28H43ClFN5. The molecule has 0 spiro atoms. The van der Waals surface area contributed by atoms with Gasteiger partial charge in [-0.1, -0.05) is 24.3 Å². The summed E-state index contributed by atoms with van der Waals surface area (Å²) < 4.78 is 14.5. The Morgan fingerprint density at radius 3 is 2.29 bits per heavy atom. The molecule has 0 aliphatic carbocycles. The zero-order valence-corrected chi connectivity index (χ0v) is 22.4. The molecule has 0 unspecified atom stereocenters. The molecule has 35 heavy (non-hydrogen) atoms. The number of aryl methyl sites for hydroxylation is 1. The molecule has 0 aromatic heterocycles. The van der Waals surface area contributed by atoms with E-state index in [1.165, 1.54) is 24.2 Å². The molecule has 2 N–H and O–H groups in total. The van der Waals surface area contributed by atoms with Crippen molar-refractivity contribution in [2.24, 2.45) is 5.73 Å². The minimum absolute atomic E-state index is 0. The topological polar surface area (TPSA) is 39.0 Å². The third-order valence-electron chi connectivity index (χ3n) is 7.75. The van der Waals surface area contributed by atoms with Crippen LogP contribution in [-0.2, 0) is 6.54 Å². The van der Waals surface area contributed by atoms with Crippen LogP contribution < -0.4 is 10.6 Å². The zero-order chi connectivity index (χ0) is 24.1. The van der Waals surface area contributed by atoms with E-state index in [9.17, 15) is 4.39 Å². The highest BCUT2D eigenvalue weighted by atomic mass is 35.5. The maximum absolute atomic E-state index is 14.5. The summed E-state index contributed by atoms with van der Waals surface area (Å²) in [6, 6.07) is 15.1. The molecule has 2 fully saturated rings. The van der Waals surface area contributed by atoms with E-state index >= 15 is 0 Å². The van der Waals surface area contributed by atoms with E-state index in [4.69, 9.17) is 5.73 Å². The monoisotopic (exact) mass is 503 g/mol. The van der Waals surface area contributed by atoms with Crippen molar-refractivity contribution in [3.05, 3.63) is 65.0 Å². The van der Waals surface area contributed by atoms with Crippen molar-refractivity contribution in [2.75, 3.05) is 71.4 Å². The van der Waals surface area contributed by atoms with Crippen molar-refractivity contribution in [3.63, 3.8) is 0 Å². The number of hydrogen-bond donors (Lipinski definition) is 1. The smallest absolute Gasteiger partial charge is 0.127 e. The first-order chi connectivity index (χ1) is 16.5. The van der Waals surface area contributed by atoms with Gasteiger partial charge in [0.15, 0.2) is 0 Å². The number of benzene rings is 2. The van der Waals surface area contributed by atoms with Gasteiger partial charge in [0.05, 0.1) is 0 Å². The van der Waals surface area contributed by atoms with Gasteiger partial charge < -0.3 is 15.5 Å². The van der Waals surface area contributed by atoms with Crippen molar-refractivity contribution < 1.29 is 4.39 Å². The van der Waals surface area contributed by atoms with E-state index in [0.29, 0.717) is 18.5 Å². The number of piperazine rings is 1. The summed E-state index contributed by atoms with van der Waals surface area (Å²) >= 11 is 0. The van der Waals surface area contributed by atoms with Crippen LogP contribution in [0.15, 0.2) is 42.5 Å². The van der Waals surface area contributed by atoms with Gasteiger partial charge in [0.1, 0.15) is 5.82 Å². The number of likely N-dealkylation sites (tertiary alicyclic amines) is 1. The SMILES string of the molecule is Cc1cccc(F)c1CN1C[C@H](c2ccc(N3CCN(CCCCN)CC3)cc2)[C@@H](N(C)C)C1.Cl. The average Bonchev–Trinajstić information content (AvgIpc) is 3.27. The summed E-state index contributed by atoms with van der Waals surface area (Å²) in [7, 11) is 4.33. The third kappa shape index (κ3) is 6.95. The van der Waals surface area contributed by atoms with Crippen LogP contribution in [0.5, 0.6) is 0 Å². The fraction of sp³-hybridized carbons (Fsp3) is 0.571. The first-order valence-corrected chi connectivity index (χ1v) is 12.9. The van der Waals surface area contributed by atoms with E-state index in [-0.39, 0.29) is 18.2 Å². The molecule has 0 saturated carbocycles. The molecule has 5 nitrogen and oxygen atoms in total. The van der Waals surface area contributed by atoms with Gasteiger partial charge in [-0.25, -0.2) is 4.39 Å². The number of halogens is 2. The highest BCUT2D eigenvalue weighted by molar-refractivity contribution is 5.85. The van der Waals surface area contributed by atoms with Gasteiger partial charge in [0, 0.05) is 69.0 Å². The zero-order valence-electron chi connectivity index (χ0n) is 21.6. The molecule has 2 atom stereocenters. The molecule has 2 aliphatic rings. The highest BCUT2D eigenvalue weighted by Crippen LogP contribution is 2.33. The molecule has 0 radical (unpaired) electrons. The lowest BCUT2D eigenvalue weighted by molar-refractivity contribution is 0.253. The second kappa shape index (κ2) is 13.0. The van der Waals surface area contributed by atoms with E-state index < -0.39 is 0 Å². The minimum Gasteiger partial charge on any atom is -0.369 e. The molecule has 2 aromatic rings. The molecule has 194 valence electrons. The number of nitrogens with two attached hydrogens (primary N) is 1. The van der Waals surface area contributed by atoms with Crippen molar-refractivity contribution in [1.82, 2.24) is 14.7 Å². The molecule has 0 bridgehead atoms. The quantitative estimate of drug-likeness (QED) is 0.525. The Morgan fingerprint density at radius 2 is 1.66 bits per heavy atom. The molecule has 2 aromatic carbocycles. The van der Waals surface area contributed by atoms with Crippen LogP contribution in [-0.4, -0.2) is 87.2 Å². The molecule has 2 heterocycles. The maximum Gasteiger partial charge on any atom is 0.127 e.